The average molecular weight is 423 g/mol. The number of methoxy groups -OCH3 is 1. The summed E-state index contributed by atoms with van der Waals surface area (Å²) in [5, 5.41) is 6.51. The molecule has 0 bridgehead atoms. The molecule has 5 nitrogen and oxygen atoms in total. The van der Waals surface area contributed by atoms with Crippen LogP contribution in [-0.2, 0) is 24.3 Å². The maximum absolute atomic E-state index is 12.1. The number of nitrogens with zero attached hydrogens (tertiary/aromatic N) is 1. The van der Waals surface area contributed by atoms with Crippen LogP contribution in [0.1, 0.15) is 23.6 Å². The molecule has 30 heavy (non-hydrogen) atoms. The maximum atomic E-state index is 12.1. The molecule has 0 fully saturated rings. The largest absolute Gasteiger partial charge is 0.497 e. The fourth-order valence-corrected chi connectivity index (χ4v) is 2.66. The van der Waals surface area contributed by atoms with Crippen molar-refractivity contribution in [1.29, 1.82) is 0 Å². The summed E-state index contributed by atoms with van der Waals surface area (Å²) in [6.07, 6.45) is -3.46. The highest BCUT2D eigenvalue weighted by molar-refractivity contribution is 5.79. The number of alkyl halides is 3. The Labute approximate surface area is 175 Å². The molecule has 0 aliphatic carbocycles. The predicted octanol–water partition coefficient (Wildman–Crippen LogP) is 4.07. The van der Waals surface area contributed by atoms with Gasteiger partial charge in [0.15, 0.2) is 5.96 Å². The Hall–Kier alpha value is -2.74. The third-order valence-electron chi connectivity index (χ3n) is 4.19. The lowest BCUT2D eigenvalue weighted by Gasteiger charge is -2.12. The molecular formula is C22H28F3N3O2. The molecule has 2 aromatic rings. The van der Waals surface area contributed by atoms with Gasteiger partial charge >= 0.3 is 6.18 Å². The van der Waals surface area contributed by atoms with Crippen LogP contribution in [0.2, 0.25) is 0 Å². The molecule has 0 saturated heterocycles. The normalized spacial score (nSPS) is 12.0. The van der Waals surface area contributed by atoms with E-state index in [9.17, 15) is 13.2 Å². The minimum atomic E-state index is -4.31. The van der Waals surface area contributed by atoms with Crippen LogP contribution < -0.4 is 15.4 Å². The summed E-state index contributed by atoms with van der Waals surface area (Å²) >= 11 is 0. The minimum Gasteiger partial charge on any atom is -0.497 e. The number of hydrogen-bond donors (Lipinski definition) is 2. The lowest BCUT2D eigenvalue weighted by atomic mass is 10.1. The van der Waals surface area contributed by atoms with Crippen molar-refractivity contribution in [3.8, 4) is 5.75 Å². The zero-order valence-corrected chi connectivity index (χ0v) is 17.3. The first-order valence-electron chi connectivity index (χ1n) is 9.77. The Morgan fingerprint density at radius 3 is 2.17 bits per heavy atom. The van der Waals surface area contributed by atoms with Crippen molar-refractivity contribution in [2.24, 2.45) is 4.99 Å². The summed E-state index contributed by atoms with van der Waals surface area (Å²) in [6, 6.07) is 15.1. The van der Waals surface area contributed by atoms with Crippen molar-refractivity contribution in [3.63, 3.8) is 0 Å². The molecule has 2 rings (SSSR count). The van der Waals surface area contributed by atoms with Crippen LogP contribution in [0.15, 0.2) is 53.5 Å². The summed E-state index contributed by atoms with van der Waals surface area (Å²) in [4.78, 5) is 4.56. The molecule has 0 saturated carbocycles. The number of halogens is 3. The van der Waals surface area contributed by atoms with Crippen LogP contribution in [-0.4, -0.2) is 38.9 Å². The van der Waals surface area contributed by atoms with Gasteiger partial charge in [0, 0.05) is 13.1 Å². The third kappa shape index (κ3) is 9.17. The fourth-order valence-electron chi connectivity index (χ4n) is 2.66. The first kappa shape index (κ1) is 23.5. The molecule has 0 heterocycles. The smallest absolute Gasteiger partial charge is 0.411 e. The van der Waals surface area contributed by atoms with Crippen LogP contribution in [0.25, 0.3) is 0 Å². The summed E-state index contributed by atoms with van der Waals surface area (Å²) < 4.78 is 46.2. The molecule has 0 aliphatic heterocycles. The van der Waals surface area contributed by atoms with Gasteiger partial charge in [0.2, 0.25) is 0 Å². The van der Waals surface area contributed by atoms with Crippen molar-refractivity contribution in [3.05, 3.63) is 65.2 Å². The van der Waals surface area contributed by atoms with E-state index in [1.807, 2.05) is 43.3 Å². The van der Waals surface area contributed by atoms with E-state index in [0.29, 0.717) is 18.1 Å². The van der Waals surface area contributed by atoms with Crippen LogP contribution in [0, 0.1) is 0 Å². The van der Waals surface area contributed by atoms with Crippen molar-refractivity contribution in [2.75, 3.05) is 26.8 Å². The second-order valence-electron chi connectivity index (χ2n) is 6.64. The van der Waals surface area contributed by atoms with Crippen molar-refractivity contribution < 1.29 is 22.6 Å². The molecule has 0 radical (unpaired) electrons. The van der Waals surface area contributed by atoms with E-state index in [1.165, 1.54) is 5.56 Å². The van der Waals surface area contributed by atoms with Crippen LogP contribution in [0.4, 0.5) is 13.2 Å². The minimum absolute atomic E-state index is 0.0708. The zero-order chi connectivity index (χ0) is 21.8. The average Bonchev–Trinajstić information content (AvgIpc) is 2.72. The van der Waals surface area contributed by atoms with Gasteiger partial charge in [0.1, 0.15) is 12.4 Å². The van der Waals surface area contributed by atoms with Gasteiger partial charge in [0.25, 0.3) is 0 Å². The van der Waals surface area contributed by atoms with Gasteiger partial charge in [-0.05, 0) is 42.2 Å². The first-order valence-corrected chi connectivity index (χ1v) is 9.77. The summed E-state index contributed by atoms with van der Waals surface area (Å²) in [7, 11) is 1.64. The van der Waals surface area contributed by atoms with Gasteiger partial charge in [-0.15, -0.1) is 0 Å². The summed E-state index contributed by atoms with van der Waals surface area (Å²) in [6.45, 7) is 2.61. The van der Waals surface area contributed by atoms with E-state index < -0.39 is 12.8 Å². The quantitative estimate of drug-likeness (QED) is 0.447. The molecule has 0 aromatic heterocycles. The van der Waals surface area contributed by atoms with Crippen LogP contribution in [0.5, 0.6) is 5.75 Å². The Kier molecular flexibility index (Phi) is 9.47. The third-order valence-corrected chi connectivity index (χ3v) is 4.19. The van der Waals surface area contributed by atoms with E-state index in [-0.39, 0.29) is 6.61 Å². The van der Waals surface area contributed by atoms with E-state index in [0.717, 1.165) is 30.8 Å². The zero-order valence-electron chi connectivity index (χ0n) is 17.3. The number of ether oxygens (including phenoxy) is 2. The van der Waals surface area contributed by atoms with E-state index in [4.69, 9.17) is 4.74 Å². The molecule has 164 valence electrons. The topological polar surface area (TPSA) is 54.9 Å². The van der Waals surface area contributed by atoms with Crippen molar-refractivity contribution in [1.82, 2.24) is 10.6 Å². The Morgan fingerprint density at radius 1 is 0.933 bits per heavy atom. The highest BCUT2D eigenvalue weighted by Crippen LogP contribution is 2.16. The van der Waals surface area contributed by atoms with Crippen molar-refractivity contribution in [2.45, 2.75) is 32.7 Å². The highest BCUT2D eigenvalue weighted by atomic mass is 19.4. The van der Waals surface area contributed by atoms with Crippen LogP contribution in [0.3, 0.4) is 0 Å². The Morgan fingerprint density at radius 2 is 1.57 bits per heavy atom. The number of nitrogens with one attached hydrogen (secondary N) is 2. The number of hydrogen-bond acceptors (Lipinski definition) is 3. The number of rotatable bonds is 10. The van der Waals surface area contributed by atoms with Gasteiger partial charge in [-0.3, -0.25) is 0 Å². The molecule has 0 atom stereocenters. The van der Waals surface area contributed by atoms with Gasteiger partial charge in [0.05, 0.1) is 20.3 Å². The molecule has 0 unspecified atom stereocenters. The SMILES string of the molecule is CCNC(=NCc1ccc(COCC(F)(F)F)cc1)NCCc1ccc(OC)cc1. The number of benzene rings is 2. The van der Waals surface area contributed by atoms with Gasteiger partial charge in [-0.1, -0.05) is 36.4 Å². The van der Waals surface area contributed by atoms with E-state index in [2.05, 4.69) is 20.4 Å². The predicted molar refractivity (Wildman–Crippen MR) is 112 cm³/mol. The molecule has 2 aromatic carbocycles. The standard InChI is InChI=1S/C22H28F3N3O2/c1-3-26-21(27-13-12-17-8-10-20(29-2)11-9-17)28-14-18-4-6-19(7-5-18)15-30-16-22(23,24)25/h4-11H,3,12-16H2,1-2H3,(H2,26,27,28). The second kappa shape index (κ2) is 12.1. The molecular weight excluding hydrogens is 395 g/mol. The second-order valence-corrected chi connectivity index (χ2v) is 6.64. The van der Waals surface area contributed by atoms with E-state index >= 15 is 0 Å². The molecule has 0 spiro atoms. The van der Waals surface area contributed by atoms with Crippen molar-refractivity contribution >= 4 is 5.96 Å². The van der Waals surface area contributed by atoms with Gasteiger partial charge < -0.3 is 20.1 Å². The molecule has 8 heteroatoms. The fraction of sp³-hybridized carbons (Fsp3) is 0.409. The monoisotopic (exact) mass is 423 g/mol. The molecule has 0 amide bonds. The highest BCUT2D eigenvalue weighted by Gasteiger charge is 2.27. The Bertz CT molecular complexity index is 776. The lowest BCUT2D eigenvalue weighted by molar-refractivity contribution is -0.176. The summed E-state index contributed by atoms with van der Waals surface area (Å²) in [5.74, 6) is 1.54. The summed E-state index contributed by atoms with van der Waals surface area (Å²) in [5.41, 5.74) is 2.85. The number of aliphatic imine (C=N–C) groups is 1. The van der Waals surface area contributed by atoms with Gasteiger partial charge in [-0.2, -0.15) is 13.2 Å². The molecule has 2 N–H and O–H groups in total. The lowest BCUT2D eigenvalue weighted by Crippen LogP contribution is -2.38. The van der Waals surface area contributed by atoms with Gasteiger partial charge in [-0.25, -0.2) is 4.99 Å². The Balaban J connectivity index is 1.81. The van der Waals surface area contributed by atoms with Crippen LogP contribution >= 0.6 is 0 Å². The maximum Gasteiger partial charge on any atom is 0.411 e. The first-order chi connectivity index (χ1) is 14.4. The number of guanidine groups is 1. The van der Waals surface area contributed by atoms with E-state index in [1.54, 1.807) is 19.2 Å². The molecule has 0 aliphatic rings.